The first-order chi connectivity index (χ1) is 7.24. The highest BCUT2D eigenvalue weighted by molar-refractivity contribution is 5.84. The van der Waals surface area contributed by atoms with Crippen LogP contribution >= 0.6 is 0 Å². The van der Waals surface area contributed by atoms with E-state index in [0.717, 1.165) is 32.1 Å². The average molecular weight is 212 g/mol. The molecule has 1 atom stereocenters. The molecule has 1 aliphatic carbocycles. The van der Waals surface area contributed by atoms with Gasteiger partial charge in [0.1, 0.15) is 5.78 Å². The molecule has 0 N–H and O–H groups in total. The molecule has 0 radical (unpaired) electrons. The summed E-state index contributed by atoms with van der Waals surface area (Å²) >= 11 is 0. The first-order valence-electron chi connectivity index (χ1n) is 5.92. The molecule has 1 unspecified atom stereocenters. The van der Waals surface area contributed by atoms with Gasteiger partial charge in [0.15, 0.2) is 0 Å². The fourth-order valence-electron chi connectivity index (χ4n) is 2.01. The minimum atomic E-state index is -0.187. The van der Waals surface area contributed by atoms with Crippen LogP contribution in [0, 0.1) is 5.92 Å². The Balaban J connectivity index is 2.50. The summed E-state index contributed by atoms with van der Waals surface area (Å²) in [6.07, 6.45) is 6.09. The van der Waals surface area contributed by atoms with Crippen LogP contribution in [0.5, 0.6) is 0 Å². The lowest BCUT2D eigenvalue weighted by Crippen LogP contribution is -2.20. The monoisotopic (exact) mass is 212 g/mol. The molecule has 86 valence electrons. The van der Waals surface area contributed by atoms with Crippen molar-refractivity contribution in [2.75, 3.05) is 6.61 Å². The molecule has 3 heteroatoms. The van der Waals surface area contributed by atoms with Gasteiger partial charge in [0, 0.05) is 12.8 Å². The molecule has 1 fully saturated rings. The van der Waals surface area contributed by atoms with E-state index in [4.69, 9.17) is 4.74 Å². The lowest BCUT2D eigenvalue weighted by molar-refractivity contribution is -0.149. The van der Waals surface area contributed by atoms with Gasteiger partial charge in [-0.25, -0.2) is 0 Å². The van der Waals surface area contributed by atoms with Gasteiger partial charge in [-0.3, -0.25) is 9.59 Å². The van der Waals surface area contributed by atoms with Gasteiger partial charge >= 0.3 is 5.97 Å². The van der Waals surface area contributed by atoms with Crippen LogP contribution in [0.4, 0.5) is 0 Å². The molecule has 1 saturated carbocycles. The van der Waals surface area contributed by atoms with Crippen LogP contribution < -0.4 is 0 Å². The zero-order valence-corrected chi connectivity index (χ0v) is 9.46. The number of hydrogen-bond donors (Lipinski definition) is 0. The second-order valence-corrected chi connectivity index (χ2v) is 4.14. The first kappa shape index (κ1) is 12.2. The molecule has 0 spiro atoms. The van der Waals surface area contributed by atoms with Crippen molar-refractivity contribution >= 4 is 11.8 Å². The molecule has 0 bridgehead atoms. The minimum absolute atomic E-state index is 0.185. The quantitative estimate of drug-likeness (QED) is 0.660. The summed E-state index contributed by atoms with van der Waals surface area (Å²) in [6.45, 7) is 2.21. The fourth-order valence-corrected chi connectivity index (χ4v) is 2.01. The molecular weight excluding hydrogens is 192 g/mol. The third-order valence-electron chi connectivity index (χ3n) is 2.85. The number of carbonyl (C=O) groups is 2. The Morgan fingerprint density at radius 2 is 2.07 bits per heavy atom. The van der Waals surface area contributed by atoms with Crippen LogP contribution in [0.1, 0.15) is 51.9 Å². The van der Waals surface area contributed by atoms with E-state index >= 15 is 0 Å². The van der Waals surface area contributed by atoms with Crippen molar-refractivity contribution in [1.82, 2.24) is 0 Å². The number of rotatable bonds is 2. The van der Waals surface area contributed by atoms with E-state index in [9.17, 15) is 9.59 Å². The van der Waals surface area contributed by atoms with E-state index in [-0.39, 0.29) is 17.7 Å². The number of ketones is 1. The molecule has 0 saturated heterocycles. The molecule has 3 nitrogen and oxygen atoms in total. The topological polar surface area (TPSA) is 43.4 Å². The van der Waals surface area contributed by atoms with Gasteiger partial charge in [-0.2, -0.15) is 0 Å². The summed E-state index contributed by atoms with van der Waals surface area (Å²) in [5.41, 5.74) is 0. The minimum Gasteiger partial charge on any atom is -0.466 e. The molecular formula is C12H20O3. The Bertz CT molecular complexity index is 223. The summed E-state index contributed by atoms with van der Waals surface area (Å²) in [7, 11) is 0. The second-order valence-electron chi connectivity index (χ2n) is 4.14. The zero-order chi connectivity index (χ0) is 11.1. The van der Waals surface area contributed by atoms with Gasteiger partial charge in [0.2, 0.25) is 0 Å². The van der Waals surface area contributed by atoms with Gasteiger partial charge in [-0.05, 0) is 19.8 Å². The summed E-state index contributed by atoms with van der Waals surface area (Å²) in [5.74, 6) is -0.154. The van der Waals surface area contributed by atoms with E-state index in [2.05, 4.69) is 0 Å². The van der Waals surface area contributed by atoms with Crippen molar-refractivity contribution in [3.8, 4) is 0 Å². The lowest BCUT2D eigenvalue weighted by atomic mass is 9.96. The van der Waals surface area contributed by atoms with Crippen LogP contribution in [0.25, 0.3) is 0 Å². The van der Waals surface area contributed by atoms with Crippen LogP contribution in [0.3, 0.4) is 0 Å². The SMILES string of the molecule is CCOC(=O)C1CCCCCCC(=O)C1. The van der Waals surface area contributed by atoms with Crippen molar-refractivity contribution in [3.05, 3.63) is 0 Å². The van der Waals surface area contributed by atoms with Crippen LogP contribution in [-0.4, -0.2) is 18.4 Å². The van der Waals surface area contributed by atoms with Crippen molar-refractivity contribution in [1.29, 1.82) is 0 Å². The van der Waals surface area contributed by atoms with Crippen LogP contribution in [0.2, 0.25) is 0 Å². The molecule has 0 aromatic heterocycles. The maximum atomic E-state index is 11.5. The van der Waals surface area contributed by atoms with Gasteiger partial charge in [-0.15, -0.1) is 0 Å². The molecule has 15 heavy (non-hydrogen) atoms. The van der Waals surface area contributed by atoms with Crippen LogP contribution in [-0.2, 0) is 14.3 Å². The Labute approximate surface area is 91.2 Å². The van der Waals surface area contributed by atoms with Crippen molar-refractivity contribution in [2.24, 2.45) is 5.92 Å². The van der Waals surface area contributed by atoms with Gasteiger partial charge in [-0.1, -0.05) is 19.3 Å². The maximum absolute atomic E-state index is 11.5. The fraction of sp³-hybridized carbons (Fsp3) is 0.833. The van der Waals surface area contributed by atoms with E-state index in [0.29, 0.717) is 19.4 Å². The number of esters is 1. The predicted molar refractivity (Wildman–Crippen MR) is 57.4 cm³/mol. The molecule has 1 rings (SSSR count). The number of ether oxygens (including phenoxy) is 1. The number of carbonyl (C=O) groups excluding carboxylic acids is 2. The van der Waals surface area contributed by atoms with Crippen molar-refractivity contribution < 1.29 is 14.3 Å². The number of hydrogen-bond acceptors (Lipinski definition) is 3. The molecule has 0 aromatic rings. The highest BCUT2D eigenvalue weighted by Crippen LogP contribution is 2.21. The molecule has 0 amide bonds. The van der Waals surface area contributed by atoms with Gasteiger partial charge in [0.05, 0.1) is 12.5 Å². The summed E-state index contributed by atoms with van der Waals surface area (Å²) in [6, 6.07) is 0. The van der Waals surface area contributed by atoms with Gasteiger partial charge in [0.25, 0.3) is 0 Å². The van der Waals surface area contributed by atoms with E-state index in [1.54, 1.807) is 6.92 Å². The molecule has 0 heterocycles. The molecule has 0 aliphatic heterocycles. The molecule has 1 aliphatic rings. The van der Waals surface area contributed by atoms with E-state index in [1.165, 1.54) is 0 Å². The van der Waals surface area contributed by atoms with Crippen molar-refractivity contribution in [2.45, 2.75) is 51.9 Å². The Hall–Kier alpha value is -0.860. The normalized spacial score (nSPS) is 23.8. The Morgan fingerprint density at radius 3 is 2.80 bits per heavy atom. The Kier molecular flexibility index (Phi) is 5.37. The van der Waals surface area contributed by atoms with Crippen molar-refractivity contribution in [3.63, 3.8) is 0 Å². The average Bonchev–Trinajstić information content (AvgIpc) is 2.30. The van der Waals surface area contributed by atoms with E-state index in [1.807, 2.05) is 0 Å². The standard InChI is InChI=1S/C12H20O3/c1-2-15-12(14)10-7-5-3-4-6-8-11(13)9-10/h10H,2-9H2,1H3. The van der Waals surface area contributed by atoms with Crippen LogP contribution in [0.15, 0.2) is 0 Å². The predicted octanol–water partition coefficient (Wildman–Crippen LogP) is 2.48. The summed E-state index contributed by atoms with van der Waals surface area (Å²) in [4.78, 5) is 23.0. The molecule has 0 aromatic carbocycles. The summed E-state index contributed by atoms with van der Waals surface area (Å²) < 4.78 is 4.98. The lowest BCUT2D eigenvalue weighted by Gasteiger charge is -2.13. The highest BCUT2D eigenvalue weighted by atomic mass is 16.5. The highest BCUT2D eigenvalue weighted by Gasteiger charge is 2.23. The van der Waals surface area contributed by atoms with Gasteiger partial charge < -0.3 is 4.74 Å². The first-order valence-corrected chi connectivity index (χ1v) is 5.92. The van der Waals surface area contributed by atoms with E-state index < -0.39 is 0 Å². The Morgan fingerprint density at radius 1 is 1.33 bits per heavy atom. The number of Topliss-reactive ketones (excluding diaryl/α,β-unsaturated/α-hetero) is 1. The second kappa shape index (κ2) is 6.59. The summed E-state index contributed by atoms with van der Waals surface area (Å²) in [5, 5.41) is 0. The third-order valence-corrected chi connectivity index (χ3v) is 2.85. The largest absolute Gasteiger partial charge is 0.466 e. The zero-order valence-electron chi connectivity index (χ0n) is 9.46. The maximum Gasteiger partial charge on any atom is 0.309 e. The smallest absolute Gasteiger partial charge is 0.309 e. The third kappa shape index (κ3) is 4.45.